The molecule has 0 aliphatic heterocycles. The molecule has 0 amide bonds. The van der Waals surface area contributed by atoms with E-state index in [1.165, 1.54) is 50.1 Å². The maximum atomic E-state index is 5.08. The van der Waals surface area contributed by atoms with Gasteiger partial charge in [0.2, 0.25) is 0 Å². The van der Waals surface area contributed by atoms with E-state index in [2.05, 4.69) is 118 Å². The minimum Gasteiger partial charge on any atom is -1.00 e. The van der Waals surface area contributed by atoms with E-state index in [1.807, 2.05) is 0 Å². The Balaban J connectivity index is 0.00000144. The maximum absolute atomic E-state index is 5.08. The summed E-state index contributed by atoms with van der Waals surface area (Å²) in [5.74, 6) is 0.222. The first-order chi connectivity index (χ1) is 15.6. The van der Waals surface area contributed by atoms with Crippen LogP contribution in [-0.2, 0) is 28.3 Å². The van der Waals surface area contributed by atoms with Gasteiger partial charge in [0.1, 0.15) is 0 Å². The van der Waals surface area contributed by atoms with Crippen LogP contribution in [0.25, 0.3) is 17.0 Å². The van der Waals surface area contributed by atoms with Crippen molar-refractivity contribution < 1.29 is 46.5 Å². The zero-order chi connectivity index (χ0) is 22.1. The molecule has 1 unspecified atom stereocenters. The predicted octanol–water partition coefficient (Wildman–Crippen LogP) is 2.51. The first-order valence-electron chi connectivity index (χ1n) is 11.3. The molecule has 4 heteroatoms. The van der Waals surface area contributed by atoms with Crippen molar-refractivity contribution in [2.75, 3.05) is 0 Å². The van der Waals surface area contributed by atoms with Crippen LogP contribution in [0.2, 0.25) is 0 Å². The summed E-state index contributed by atoms with van der Waals surface area (Å²) in [7, 11) is 0. The fourth-order valence-corrected chi connectivity index (χ4v) is 5.09. The van der Waals surface area contributed by atoms with Crippen LogP contribution in [0.5, 0.6) is 0 Å². The van der Waals surface area contributed by atoms with E-state index < -0.39 is 0 Å². The van der Waals surface area contributed by atoms with Crippen molar-refractivity contribution in [1.82, 2.24) is 0 Å². The number of rotatable bonds is 5. The van der Waals surface area contributed by atoms with E-state index in [-0.39, 0.29) is 52.4 Å². The summed E-state index contributed by atoms with van der Waals surface area (Å²) in [6.45, 7) is 7.15. The van der Waals surface area contributed by atoms with Gasteiger partial charge in [0.05, 0.1) is 0 Å². The van der Waals surface area contributed by atoms with Crippen molar-refractivity contribution in [3.05, 3.63) is 141 Å². The summed E-state index contributed by atoms with van der Waals surface area (Å²) in [5.41, 5.74) is 12.9. The fraction of sp³-hybridized carbons (Fsp3) is 0.161. The monoisotopic (exact) mass is 532 g/mol. The normalized spacial score (nSPS) is 13.5. The van der Waals surface area contributed by atoms with Crippen molar-refractivity contribution in [3.8, 4) is 0 Å². The first kappa shape index (κ1) is 28.9. The Kier molecular flexibility index (Phi) is 10.4. The number of benzene rings is 4. The Labute approximate surface area is 236 Å². The zero-order valence-corrected chi connectivity index (χ0v) is 23.3. The van der Waals surface area contributed by atoms with Gasteiger partial charge >= 0.3 is 21.7 Å². The first-order valence-corrected chi connectivity index (χ1v) is 11.3. The summed E-state index contributed by atoms with van der Waals surface area (Å²) < 4.78 is 0. The Bertz CT molecular complexity index is 1290. The smallest absolute Gasteiger partial charge is 1.00 e. The summed E-state index contributed by atoms with van der Waals surface area (Å²) in [6.07, 6.45) is 2.36. The fourth-order valence-electron chi connectivity index (χ4n) is 5.09. The number of aryl methyl sites for hydroxylation is 3. The van der Waals surface area contributed by atoms with E-state index in [4.69, 9.17) is 5.32 Å². The molecular weight excluding hydrogens is 505 g/mol. The maximum Gasteiger partial charge on any atom is 3.00 e. The topological polar surface area (TPSA) is 14.1 Å². The van der Waals surface area contributed by atoms with Gasteiger partial charge in [-0.1, -0.05) is 113 Å². The Morgan fingerprint density at radius 3 is 1.94 bits per heavy atom. The van der Waals surface area contributed by atoms with E-state index in [1.54, 1.807) is 0 Å². The minimum absolute atomic E-state index is 0. The van der Waals surface area contributed by atoms with Gasteiger partial charge in [-0.2, -0.15) is 0 Å². The average Bonchev–Trinajstić information content (AvgIpc) is 3.19. The van der Waals surface area contributed by atoms with Crippen LogP contribution in [0.1, 0.15) is 50.4 Å². The third kappa shape index (κ3) is 5.93. The molecule has 0 saturated carbocycles. The minimum atomic E-state index is 0. The van der Waals surface area contributed by atoms with Crippen molar-refractivity contribution >= 4 is 17.3 Å². The molecule has 175 valence electrons. The molecule has 0 aromatic heterocycles. The number of nitrogens with zero attached hydrogens (tertiary/aromatic N) is 1. The van der Waals surface area contributed by atoms with Crippen LogP contribution < -0.4 is 24.8 Å². The Hall–Kier alpha value is -2.29. The number of allylic oxidation sites excluding steroid dienone is 1. The molecule has 1 radical (unpaired) electrons. The van der Waals surface area contributed by atoms with Crippen LogP contribution >= 0.6 is 0 Å². The summed E-state index contributed by atoms with van der Waals surface area (Å²) in [5, 5.41) is 5.08. The summed E-state index contributed by atoms with van der Waals surface area (Å²) in [4.78, 5) is 0. The van der Waals surface area contributed by atoms with E-state index in [9.17, 15) is 0 Å². The van der Waals surface area contributed by atoms with Crippen LogP contribution in [0.3, 0.4) is 0 Å². The molecule has 0 saturated heterocycles. The van der Waals surface area contributed by atoms with Crippen LogP contribution in [-0.4, -0.2) is 0 Å². The van der Waals surface area contributed by atoms with Crippen molar-refractivity contribution in [2.45, 2.75) is 33.2 Å². The van der Waals surface area contributed by atoms with Crippen LogP contribution in [0.4, 0.5) is 5.69 Å². The average molecular weight is 533 g/mol. The van der Waals surface area contributed by atoms with Gasteiger partial charge in [-0.3, -0.25) is 0 Å². The van der Waals surface area contributed by atoms with E-state index in [0.29, 0.717) is 6.54 Å². The molecule has 0 spiro atoms. The summed E-state index contributed by atoms with van der Waals surface area (Å²) >= 11 is 0. The summed E-state index contributed by atoms with van der Waals surface area (Å²) in [6, 6.07) is 32.8. The third-order valence-electron chi connectivity index (χ3n) is 6.45. The molecule has 5 rings (SSSR count). The van der Waals surface area contributed by atoms with Gasteiger partial charge in [0.15, 0.2) is 0 Å². The Morgan fingerprint density at radius 1 is 0.686 bits per heavy atom. The van der Waals surface area contributed by atoms with Crippen molar-refractivity contribution in [3.63, 3.8) is 0 Å². The SMILES string of the molecule is Cc1cc(C)c([N-]Cc2ccccc2C2C(c3ccccc3)=Cc3ccccc32)c(C)c1.[Cl-].[Cl-].[Ti+3]. The molecule has 0 bridgehead atoms. The molecule has 1 atom stereocenters. The molecular formula is C31H28Cl2NTi. The molecule has 4 aromatic rings. The van der Waals surface area contributed by atoms with Crippen LogP contribution in [0.15, 0.2) is 91.0 Å². The van der Waals surface area contributed by atoms with Crippen molar-refractivity contribution in [2.24, 2.45) is 0 Å². The standard InChI is InChI=1S/C31H28N.2ClH.Ti/c1-21-17-22(2)31(23(3)18-21)32-20-26-14-8-10-16-28(26)30-27-15-9-7-13-25(27)19-29(30)24-11-5-4-6-12-24;;;/h4-19,30H,20H2,1-3H3;2*1H;/q-1;;;+3/p-2. The second-order valence-electron chi connectivity index (χ2n) is 8.79. The van der Waals surface area contributed by atoms with Crippen LogP contribution in [0, 0.1) is 20.8 Å². The molecule has 0 fully saturated rings. The third-order valence-corrected chi connectivity index (χ3v) is 6.45. The Morgan fingerprint density at radius 2 is 1.26 bits per heavy atom. The van der Waals surface area contributed by atoms with E-state index in [0.717, 1.165) is 5.69 Å². The molecule has 35 heavy (non-hydrogen) atoms. The molecule has 1 nitrogen and oxygen atoms in total. The molecule has 1 aliphatic rings. The number of hydrogen-bond donors (Lipinski definition) is 0. The molecule has 0 N–H and O–H groups in total. The number of fused-ring (bicyclic) bond motifs is 1. The zero-order valence-electron chi connectivity index (χ0n) is 20.2. The van der Waals surface area contributed by atoms with Gasteiger partial charge in [0, 0.05) is 5.92 Å². The number of halogens is 2. The van der Waals surface area contributed by atoms with Gasteiger partial charge in [-0.25, -0.2) is 0 Å². The number of hydrogen-bond acceptors (Lipinski definition) is 0. The van der Waals surface area contributed by atoms with Crippen molar-refractivity contribution in [1.29, 1.82) is 0 Å². The van der Waals surface area contributed by atoms with Gasteiger partial charge in [-0.05, 0) is 54.7 Å². The second kappa shape index (κ2) is 12.6. The van der Waals surface area contributed by atoms with Gasteiger partial charge in [0.25, 0.3) is 0 Å². The quantitative estimate of drug-likeness (QED) is 0.351. The molecule has 1 aliphatic carbocycles. The van der Waals surface area contributed by atoms with Gasteiger partial charge < -0.3 is 30.1 Å². The van der Waals surface area contributed by atoms with E-state index >= 15 is 0 Å². The van der Waals surface area contributed by atoms with Gasteiger partial charge in [-0.15, -0.1) is 12.2 Å². The molecule has 4 aromatic carbocycles. The second-order valence-corrected chi connectivity index (χ2v) is 8.79. The predicted molar refractivity (Wildman–Crippen MR) is 136 cm³/mol. The largest absolute Gasteiger partial charge is 3.00 e. The molecule has 0 heterocycles.